The molecule has 3 fully saturated rings. The number of anilines is 3. The number of nitrogens with zero attached hydrogens (tertiary/aromatic N) is 6. The molecule has 0 saturated carbocycles. The first-order chi connectivity index (χ1) is 18.0. The highest BCUT2D eigenvalue weighted by Crippen LogP contribution is 2.36. The summed E-state index contributed by atoms with van der Waals surface area (Å²) in [6.07, 6.45) is 4.18. The van der Waals surface area contributed by atoms with E-state index < -0.39 is 28.8 Å². The van der Waals surface area contributed by atoms with Crippen molar-refractivity contribution in [2.45, 2.75) is 57.9 Å². The molecule has 5 heterocycles. The summed E-state index contributed by atoms with van der Waals surface area (Å²) in [5.41, 5.74) is 0.0410. The molecule has 14 heteroatoms. The Kier molecular flexibility index (Phi) is 6.80. The maximum atomic E-state index is 14.8. The van der Waals surface area contributed by atoms with E-state index in [4.69, 9.17) is 16.3 Å². The van der Waals surface area contributed by atoms with Crippen molar-refractivity contribution in [1.29, 1.82) is 0 Å². The summed E-state index contributed by atoms with van der Waals surface area (Å²) < 4.78 is 49.7. The van der Waals surface area contributed by atoms with Gasteiger partial charge in [-0.05, 0) is 45.7 Å². The third-order valence-corrected chi connectivity index (χ3v) is 6.65. The van der Waals surface area contributed by atoms with Gasteiger partial charge in [-0.15, -0.1) is 0 Å². The third-order valence-electron chi connectivity index (χ3n) is 6.30. The molecule has 0 spiro atoms. The van der Waals surface area contributed by atoms with Crippen molar-refractivity contribution in [2.24, 2.45) is 0 Å². The number of carbonyl (C=O) groups excluding carboxylic acids is 1. The highest BCUT2D eigenvalue weighted by Gasteiger charge is 2.43. The summed E-state index contributed by atoms with van der Waals surface area (Å²) in [6, 6.07) is 2.28. The van der Waals surface area contributed by atoms with Gasteiger partial charge in [-0.3, -0.25) is 0 Å². The number of halogens is 4. The van der Waals surface area contributed by atoms with E-state index >= 15 is 0 Å². The molecule has 1 unspecified atom stereocenters. The van der Waals surface area contributed by atoms with E-state index in [1.54, 1.807) is 11.1 Å². The quantitative estimate of drug-likeness (QED) is 0.461. The molecule has 1 amide bonds. The molecular formula is C24H25ClF3N7O3. The van der Waals surface area contributed by atoms with E-state index in [1.165, 1.54) is 12.4 Å². The molecule has 3 aromatic rings. The summed E-state index contributed by atoms with van der Waals surface area (Å²) in [5.74, 6) is -0.870. The van der Waals surface area contributed by atoms with Crippen molar-refractivity contribution >= 4 is 46.2 Å². The van der Waals surface area contributed by atoms with Gasteiger partial charge in [0, 0.05) is 19.1 Å². The molecule has 10 nitrogen and oxygen atoms in total. The Morgan fingerprint density at radius 3 is 2.61 bits per heavy atom. The van der Waals surface area contributed by atoms with Gasteiger partial charge in [0.25, 0.3) is 0 Å². The Hall–Kier alpha value is -3.61. The number of piperidine rings is 2. The standard InChI is InChI=1S/C24H25ClF3N7O3/c1-24(2,3)38-23(36)35-10-12-4-5-13(35)9-34(12)22-29-8-15-19(33-22)20(31-11-30-15)32-14-6-7-16(37-21(27)28)17(25)18(14)26/h6-8,11-13,21H,4-5,9-10H2,1-3H3,(H,30,31,32)/t12?,13-/m0/s1. The van der Waals surface area contributed by atoms with E-state index in [9.17, 15) is 18.0 Å². The monoisotopic (exact) mass is 551 g/mol. The van der Waals surface area contributed by atoms with Crippen LogP contribution in [-0.4, -0.2) is 68.3 Å². The van der Waals surface area contributed by atoms with Crippen molar-refractivity contribution in [3.8, 4) is 5.75 Å². The van der Waals surface area contributed by atoms with E-state index in [0.717, 1.165) is 18.9 Å². The number of aromatic nitrogens is 4. The molecule has 2 bridgehead atoms. The van der Waals surface area contributed by atoms with Gasteiger partial charge < -0.3 is 24.6 Å². The minimum Gasteiger partial charge on any atom is -0.444 e. The minimum atomic E-state index is -3.15. The number of rotatable bonds is 5. The maximum absolute atomic E-state index is 14.8. The number of alkyl halides is 2. The number of ether oxygens (including phenoxy) is 2. The zero-order valence-corrected chi connectivity index (χ0v) is 21.5. The zero-order chi connectivity index (χ0) is 27.2. The second kappa shape index (κ2) is 9.93. The third kappa shape index (κ3) is 5.19. The molecule has 3 aliphatic rings. The number of amides is 1. The molecule has 0 radical (unpaired) electrons. The molecule has 3 aliphatic heterocycles. The van der Waals surface area contributed by atoms with Crippen molar-refractivity contribution in [1.82, 2.24) is 24.8 Å². The first kappa shape index (κ1) is 26.0. The van der Waals surface area contributed by atoms with Crippen LogP contribution in [0.2, 0.25) is 5.02 Å². The maximum Gasteiger partial charge on any atom is 0.410 e. The van der Waals surface area contributed by atoms with Gasteiger partial charge in [0.15, 0.2) is 11.6 Å². The predicted octanol–water partition coefficient (Wildman–Crippen LogP) is 5.15. The molecule has 6 rings (SSSR count). The Balaban J connectivity index is 1.40. The van der Waals surface area contributed by atoms with Crippen LogP contribution in [0, 0.1) is 5.82 Å². The van der Waals surface area contributed by atoms with E-state index in [-0.39, 0.29) is 29.7 Å². The number of piperazine rings is 1. The van der Waals surface area contributed by atoms with Crippen LogP contribution < -0.4 is 15.0 Å². The van der Waals surface area contributed by atoms with Crippen LogP contribution in [0.5, 0.6) is 5.75 Å². The fourth-order valence-electron chi connectivity index (χ4n) is 4.64. The average Bonchev–Trinajstić information content (AvgIpc) is 2.87. The lowest BCUT2D eigenvalue weighted by Gasteiger charge is -2.51. The number of fused-ring (bicyclic) bond motifs is 4. The Morgan fingerprint density at radius 1 is 1.16 bits per heavy atom. The van der Waals surface area contributed by atoms with Gasteiger partial charge >= 0.3 is 12.7 Å². The van der Waals surface area contributed by atoms with Crippen LogP contribution in [0.1, 0.15) is 33.6 Å². The number of hydrogen-bond acceptors (Lipinski definition) is 9. The summed E-state index contributed by atoms with van der Waals surface area (Å²) in [4.78, 5) is 34.0. The number of carbonyl (C=O) groups is 1. The van der Waals surface area contributed by atoms with Crippen molar-refractivity contribution in [3.05, 3.63) is 35.5 Å². The summed E-state index contributed by atoms with van der Waals surface area (Å²) in [7, 11) is 0. The number of benzene rings is 1. The van der Waals surface area contributed by atoms with E-state index in [0.29, 0.717) is 30.1 Å². The van der Waals surface area contributed by atoms with Gasteiger partial charge in [0.05, 0.1) is 17.9 Å². The van der Waals surface area contributed by atoms with Crippen LogP contribution in [0.3, 0.4) is 0 Å². The van der Waals surface area contributed by atoms with Gasteiger partial charge in [-0.1, -0.05) is 11.6 Å². The first-order valence-electron chi connectivity index (χ1n) is 11.9. The SMILES string of the molecule is CC(C)(C)OC(=O)N1CC2CC[C@H]1CN2c1ncc2ncnc(Nc3ccc(OC(F)F)c(Cl)c3F)c2n1. The Labute approximate surface area is 221 Å². The van der Waals surface area contributed by atoms with Crippen LogP contribution in [-0.2, 0) is 4.74 Å². The molecule has 3 saturated heterocycles. The molecular weight excluding hydrogens is 527 g/mol. The fourth-order valence-corrected chi connectivity index (χ4v) is 4.84. The fraction of sp³-hybridized carbons (Fsp3) is 0.458. The molecule has 0 aliphatic carbocycles. The molecule has 1 aromatic carbocycles. The van der Waals surface area contributed by atoms with Gasteiger partial charge in [0.2, 0.25) is 5.95 Å². The molecule has 202 valence electrons. The lowest BCUT2D eigenvalue weighted by molar-refractivity contribution is -0.0499. The van der Waals surface area contributed by atoms with Gasteiger partial charge in [0.1, 0.15) is 33.7 Å². The zero-order valence-electron chi connectivity index (χ0n) is 20.8. The highest BCUT2D eigenvalue weighted by atomic mass is 35.5. The molecule has 38 heavy (non-hydrogen) atoms. The summed E-state index contributed by atoms with van der Waals surface area (Å²) in [6.45, 7) is 3.37. The molecule has 1 N–H and O–H groups in total. The molecule has 2 aromatic heterocycles. The number of hydrogen-bond donors (Lipinski definition) is 1. The number of nitrogens with one attached hydrogen (secondary N) is 1. The summed E-state index contributed by atoms with van der Waals surface area (Å²) >= 11 is 5.88. The normalized spacial score (nSPS) is 19.3. The largest absolute Gasteiger partial charge is 0.444 e. The predicted molar refractivity (Wildman–Crippen MR) is 134 cm³/mol. The molecule has 2 atom stereocenters. The second-order valence-electron chi connectivity index (χ2n) is 10.0. The van der Waals surface area contributed by atoms with Crippen molar-refractivity contribution in [2.75, 3.05) is 23.3 Å². The van der Waals surface area contributed by atoms with Crippen LogP contribution in [0.15, 0.2) is 24.7 Å². The van der Waals surface area contributed by atoms with Crippen LogP contribution in [0.4, 0.5) is 35.4 Å². The van der Waals surface area contributed by atoms with Crippen LogP contribution >= 0.6 is 11.6 Å². The van der Waals surface area contributed by atoms with Crippen molar-refractivity contribution in [3.63, 3.8) is 0 Å². The Bertz CT molecular complexity index is 1370. The topological polar surface area (TPSA) is 106 Å². The lowest BCUT2D eigenvalue weighted by atomic mass is 9.91. The summed E-state index contributed by atoms with van der Waals surface area (Å²) in [5, 5.41) is 2.22. The van der Waals surface area contributed by atoms with Gasteiger partial charge in [-0.2, -0.15) is 8.78 Å². The van der Waals surface area contributed by atoms with E-state index in [1.807, 2.05) is 25.7 Å². The first-order valence-corrected chi connectivity index (χ1v) is 12.3. The van der Waals surface area contributed by atoms with Gasteiger partial charge in [-0.25, -0.2) is 29.1 Å². The second-order valence-corrected chi connectivity index (χ2v) is 10.4. The highest BCUT2D eigenvalue weighted by molar-refractivity contribution is 6.32. The van der Waals surface area contributed by atoms with Crippen LogP contribution in [0.25, 0.3) is 11.0 Å². The minimum absolute atomic E-state index is 0.00959. The Morgan fingerprint density at radius 2 is 1.92 bits per heavy atom. The smallest absolute Gasteiger partial charge is 0.410 e. The average molecular weight is 552 g/mol. The lowest BCUT2D eigenvalue weighted by Crippen LogP contribution is -2.64. The van der Waals surface area contributed by atoms with E-state index in [2.05, 4.69) is 30.0 Å². The van der Waals surface area contributed by atoms with Crippen molar-refractivity contribution < 1.29 is 27.4 Å².